The fourth-order valence-electron chi connectivity index (χ4n) is 2.67. The van der Waals surface area contributed by atoms with Crippen LogP contribution in [0.1, 0.15) is 18.1 Å². The van der Waals surface area contributed by atoms with E-state index in [9.17, 15) is 0 Å². The van der Waals surface area contributed by atoms with E-state index in [1.54, 1.807) is 0 Å². The van der Waals surface area contributed by atoms with E-state index in [1.807, 2.05) is 36.5 Å². The van der Waals surface area contributed by atoms with Crippen molar-refractivity contribution in [3.05, 3.63) is 95.0 Å². The van der Waals surface area contributed by atoms with Crippen LogP contribution in [0.25, 0.3) is 0 Å². The van der Waals surface area contributed by atoms with Crippen LogP contribution >= 0.6 is 11.6 Å². The maximum Gasteiger partial charge on any atom is 0.0562 e. The van der Waals surface area contributed by atoms with E-state index in [0.29, 0.717) is 5.02 Å². The second-order valence-corrected chi connectivity index (χ2v) is 6.40. The quantitative estimate of drug-likeness (QED) is 0.423. The second-order valence-electron chi connectivity index (χ2n) is 5.97. The van der Waals surface area contributed by atoms with Crippen LogP contribution in [-0.2, 0) is 6.54 Å². The third-order valence-electron chi connectivity index (χ3n) is 4.11. The van der Waals surface area contributed by atoms with Crippen LogP contribution in [0.3, 0.4) is 0 Å². The van der Waals surface area contributed by atoms with Gasteiger partial charge >= 0.3 is 0 Å². The van der Waals surface area contributed by atoms with Crippen molar-refractivity contribution < 1.29 is 0 Å². The van der Waals surface area contributed by atoms with Crippen LogP contribution in [0.5, 0.6) is 0 Å². The van der Waals surface area contributed by atoms with Crippen LogP contribution < -0.4 is 10.3 Å². The smallest absolute Gasteiger partial charge is 0.0562 e. The maximum atomic E-state index is 5.87. The fraction of sp³-hybridized carbons (Fsp3) is 0.136. The first-order valence-corrected chi connectivity index (χ1v) is 9.06. The molecule has 0 aliphatic carbocycles. The number of hydrogen-bond donors (Lipinski definition) is 1. The predicted octanol–water partition coefficient (Wildman–Crippen LogP) is 5.81. The van der Waals surface area contributed by atoms with Gasteiger partial charge in [0, 0.05) is 23.8 Å². The first-order valence-electron chi connectivity index (χ1n) is 8.68. The molecule has 0 saturated carbocycles. The van der Waals surface area contributed by atoms with Crippen LogP contribution in [-0.4, -0.2) is 12.8 Å². The van der Waals surface area contributed by atoms with E-state index in [1.165, 1.54) is 11.3 Å². The van der Waals surface area contributed by atoms with Gasteiger partial charge in [-0.1, -0.05) is 54.1 Å². The molecule has 0 aliphatic heterocycles. The monoisotopic (exact) mass is 363 g/mol. The molecule has 0 fully saturated rings. The predicted molar refractivity (Wildman–Crippen MR) is 112 cm³/mol. The molecule has 0 heterocycles. The molecule has 0 aromatic heterocycles. The van der Waals surface area contributed by atoms with Crippen LogP contribution in [0.2, 0.25) is 5.02 Å². The molecule has 3 aromatic rings. The largest absolute Gasteiger partial charge is 0.367 e. The second kappa shape index (κ2) is 9.07. The van der Waals surface area contributed by atoms with Gasteiger partial charge in [0.25, 0.3) is 0 Å². The highest BCUT2D eigenvalue weighted by atomic mass is 35.5. The van der Waals surface area contributed by atoms with E-state index < -0.39 is 0 Å². The van der Waals surface area contributed by atoms with Gasteiger partial charge in [-0.05, 0) is 54.4 Å². The molecule has 0 radical (unpaired) electrons. The van der Waals surface area contributed by atoms with Crippen molar-refractivity contribution >= 4 is 29.2 Å². The molecule has 0 saturated heterocycles. The molecule has 0 atom stereocenters. The number of hydrogen-bond acceptors (Lipinski definition) is 3. The normalized spacial score (nSPS) is 10.8. The molecule has 0 bridgehead atoms. The number of benzene rings is 3. The van der Waals surface area contributed by atoms with E-state index in [4.69, 9.17) is 11.6 Å². The topological polar surface area (TPSA) is 27.6 Å². The lowest BCUT2D eigenvalue weighted by atomic mass is 10.1. The summed E-state index contributed by atoms with van der Waals surface area (Å²) in [5.74, 6) is 0. The molecule has 1 N–H and O–H groups in total. The molecule has 0 unspecified atom stereocenters. The van der Waals surface area contributed by atoms with Crippen molar-refractivity contribution in [2.24, 2.45) is 5.10 Å². The molecule has 3 nitrogen and oxygen atoms in total. The van der Waals surface area contributed by atoms with E-state index in [0.717, 1.165) is 24.3 Å². The average Bonchev–Trinajstić information content (AvgIpc) is 2.69. The third kappa shape index (κ3) is 5.11. The fourth-order valence-corrected chi connectivity index (χ4v) is 2.79. The van der Waals surface area contributed by atoms with Gasteiger partial charge in [-0.15, -0.1) is 0 Å². The Morgan fingerprint density at radius 2 is 1.62 bits per heavy atom. The van der Waals surface area contributed by atoms with Gasteiger partial charge in [0.05, 0.1) is 11.9 Å². The van der Waals surface area contributed by atoms with Crippen LogP contribution in [0, 0.1) is 0 Å². The minimum Gasteiger partial charge on any atom is -0.367 e. The highest BCUT2D eigenvalue weighted by Crippen LogP contribution is 2.18. The molecule has 0 spiro atoms. The van der Waals surface area contributed by atoms with Gasteiger partial charge in [0.2, 0.25) is 0 Å². The highest BCUT2D eigenvalue weighted by Gasteiger charge is 2.04. The molecule has 0 aliphatic rings. The first-order chi connectivity index (χ1) is 12.7. The average molecular weight is 364 g/mol. The van der Waals surface area contributed by atoms with E-state index in [-0.39, 0.29) is 0 Å². The zero-order valence-electron chi connectivity index (χ0n) is 14.8. The lowest BCUT2D eigenvalue weighted by molar-refractivity contribution is 0.832. The van der Waals surface area contributed by atoms with Crippen LogP contribution in [0.15, 0.2) is 84.0 Å². The number of halogens is 1. The Hall–Kier alpha value is -2.78. The summed E-state index contributed by atoms with van der Waals surface area (Å²) in [6, 6.07) is 26.4. The van der Waals surface area contributed by atoms with Crippen molar-refractivity contribution in [1.29, 1.82) is 0 Å². The van der Waals surface area contributed by atoms with Crippen molar-refractivity contribution in [2.75, 3.05) is 16.9 Å². The van der Waals surface area contributed by atoms with Gasteiger partial charge in [0.1, 0.15) is 0 Å². The molecule has 0 amide bonds. The Labute approximate surface area is 159 Å². The van der Waals surface area contributed by atoms with Gasteiger partial charge in [-0.3, -0.25) is 5.43 Å². The summed E-state index contributed by atoms with van der Waals surface area (Å²) >= 11 is 5.87. The minimum absolute atomic E-state index is 0.714. The highest BCUT2D eigenvalue weighted by molar-refractivity contribution is 6.30. The number of hydrazone groups is 1. The summed E-state index contributed by atoms with van der Waals surface area (Å²) < 4.78 is 0. The standard InChI is InChI=1S/C22H22ClN3/c1-2-26(17-19-6-4-3-5-7-19)22-14-8-18(9-15-22)16-24-25-21-12-10-20(23)11-13-21/h3-16,25H,2,17H2,1H3/b24-16+. The number of rotatable bonds is 7. The molecular formula is C22H22ClN3. The minimum atomic E-state index is 0.714. The van der Waals surface area contributed by atoms with Crippen LogP contribution in [0.4, 0.5) is 11.4 Å². The molecule has 3 aromatic carbocycles. The molecule has 3 rings (SSSR count). The van der Waals surface area contributed by atoms with Gasteiger partial charge < -0.3 is 4.90 Å². The van der Waals surface area contributed by atoms with Crippen molar-refractivity contribution in [3.63, 3.8) is 0 Å². The lowest BCUT2D eigenvalue weighted by Crippen LogP contribution is -2.21. The Balaban J connectivity index is 1.61. The molecule has 4 heteroatoms. The summed E-state index contributed by atoms with van der Waals surface area (Å²) in [6.45, 7) is 4.04. The summed E-state index contributed by atoms with van der Waals surface area (Å²) in [6.07, 6.45) is 1.81. The molecular weight excluding hydrogens is 342 g/mol. The van der Waals surface area contributed by atoms with Gasteiger partial charge in [0.15, 0.2) is 0 Å². The summed E-state index contributed by atoms with van der Waals surface area (Å²) in [5, 5.41) is 4.99. The van der Waals surface area contributed by atoms with E-state index >= 15 is 0 Å². The van der Waals surface area contributed by atoms with E-state index in [2.05, 4.69) is 70.9 Å². The van der Waals surface area contributed by atoms with Crippen molar-refractivity contribution in [1.82, 2.24) is 0 Å². The Kier molecular flexibility index (Phi) is 6.29. The SMILES string of the molecule is CCN(Cc1ccccc1)c1ccc(/C=N/Nc2ccc(Cl)cc2)cc1. The number of nitrogens with one attached hydrogen (secondary N) is 1. The van der Waals surface area contributed by atoms with Gasteiger partial charge in [-0.25, -0.2) is 0 Å². The summed E-state index contributed by atoms with van der Waals surface area (Å²) in [5.41, 5.74) is 7.47. The number of nitrogens with zero attached hydrogens (tertiary/aromatic N) is 2. The van der Waals surface area contributed by atoms with Gasteiger partial charge in [-0.2, -0.15) is 5.10 Å². The zero-order chi connectivity index (χ0) is 18.2. The summed E-state index contributed by atoms with van der Waals surface area (Å²) in [7, 11) is 0. The van der Waals surface area contributed by atoms with Crippen molar-refractivity contribution in [2.45, 2.75) is 13.5 Å². The zero-order valence-corrected chi connectivity index (χ0v) is 15.5. The Morgan fingerprint density at radius 1 is 0.923 bits per heavy atom. The first kappa shape index (κ1) is 18.0. The summed E-state index contributed by atoms with van der Waals surface area (Å²) in [4.78, 5) is 2.35. The number of anilines is 2. The third-order valence-corrected chi connectivity index (χ3v) is 4.36. The molecule has 132 valence electrons. The lowest BCUT2D eigenvalue weighted by Gasteiger charge is -2.23. The maximum absolute atomic E-state index is 5.87. The van der Waals surface area contributed by atoms with Crippen molar-refractivity contribution in [3.8, 4) is 0 Å². The Morgan fingerprint density at radius 3 is 2.27 bits per heavy atom. The Bertz CT molecular complexity index is 828. The molecule has 26 heavy (non-hydrogen) atoms.